The molecule has 1 heterocycles. The summed E-state index contributed by atoms with van der Waals surface area (Å²) in [6.07, 6.45) is 0. The zero-order valence-corrected chi connectivity index (χ0v) is 32.7. The van der Waals surface area contributed by atoms with E-state index in [0.29, 0.717) is 5.82 Å². The SMILES string of the molecule is c1ccc(-c2ccccc2-c2cc(-c3c4ccccc4cc4c3ccc3ccccc34)nc(-c3ccc(-c4c5ccccc5cc5c4ccc4ccccc45)cc3)n2)cc1. The Bertz CT molecular complexity index is 3640. The minimum absolute atomic E-state index is 0.688. The average Bonchev–Trinajstić information content (AvgIpc) is 3.32. The lowest BCUT2D eigenvalue weighted by Gasteiger charge is -2.17. The summed E-state index contributed by atoms with van der Waals surface area (Å²) < 4.78 is 0. The third-order valence-corrected chi connectivity index (χ3v) is 12.2. The molecule has 2 nitrogen and oxygen atoms in total. The summed E-state index contributed by atoms with van der Waals surface area (Å²) in [6.45, 7) is 0. The van der Waals surface area contributed by atoms with Crippen molar-refractivity contribution in [2.24, 2.45) is 0 Å². The van der Waals surface area contributed by atoms with E-state index >= 15 is 0 Å². The van der Waals surface area contributed by atoms with Crippen LogP contribution in [0.3, 0.4) is 0 Å². The molecule has 0 aliphatic heterocycles. The van der Waals surface area contributed by atoms with Gasteiger partial charge in [-0.3, -0.25) is 0 Å². The lowest BCUT2D eigenvalue weighted by molar-refractivity contribution is 1.19. The monoisotopic (exact) mass is 760 g/mol. The summed E-state index contributed by atoms with van der Waals surface area (Å²) in [5.41, 5.74) is 9.60. The fraction of sp³-hybridized carbons (Fsp3) is 0. The summed E-state index contributed by atoms with van der Waals surface area (Å²) in [5.74, 6) is 0.688. The molecule has 278 valence electrons. The van der Waals surface area contributed by atoms with Crippen molar-refractivity contribution in [1.82, 2.24) is 9.97 Å². The third kappa shape index (κ3) is 5.57. The molecule has 12 rings (SSSR count). The normalized spacial score (nSPS) is 11.7. The number of fused-ring (bicyclic) bond motifs is 8. The summed E-state index contributed by atoms with van der Waals surface area (Å²) in [6, 6.07) is 78.8. The second kappa shape index (κ2) is 13.9. The van der Waals surface area contributed by atoms with Gasteiger partial charge in [0.2, 0.25) is 0 Å². The zero-order chi connectivity index (χ0) is 39.6. The van der Waals surface area contributed by atoms with Crippen LogP contribution < -0.4 is 0 Å². The smallest absolute Gasteiger partial charge is 0.160 e. The second-order valence-electron chi connectivity index (χ2n) is 15.7. The van der Waals surface area contributed by atoms with E-state index in [0.717, 1.165) is 50.2 Å². The number of aromatic nitrogens is 2. The molecule has 0 radical (unpaired) electrons. The highest BCUT2D eigenvalue weighted by atomic mass is 14.9. The Morgan fingerprint density at radius 1 is 0.233 bits per heavy atom. The number of hydrogen-bond donors (Lipinski definition) is 0. The highest BCUT2D eigenvalue weighted by Gasteiger charge is 2.19. The zero-order valence-electron chi connectivity index (χ0n) is 32.7. The van der Waals surface area contributed by atoms with E-state index in [2.05, 4.69) is 218 Å². The van der Waals surface area contributed by atoms with Crippen LogP contribution in [-0.4, -0.2) is 9.97 Å². The van der Waals surface area contributed by atoms with Crippen molar-refractivity contribution in [3.8, 4) is 56.2 Å². The molecule has 0 bridgehead atoms. The summed E-state index contributed by atoms with van der Waals surface area (Å²) in [4.78, 5) is 10.9. The topological polar surface area (TPSA) is 25.8 Å². The Kier molecular flexibility index (Phi) is 7.89. The van der Waals surface area contributed by atoms with Crippen LogP contribution in [0.1, 0.15) is 0 Å². The van der Waals surface area contributed by atoms with Gasteiger partial charge in [0.05, 0.1) is 11.4 Å². The predicted molar refractivity (Wildman–Crippen MR) is 254 cm³/mol. The highest BCUT2D eigenvalue weighted by Crippen LogP contribution is 2.43. The van der Waals surface area contributed by atoms with Crippen LogP contribution >= 0.6 is 0 Å². The molecule has 0 amide bonds. The van der Waals surface area contributed by atoms with Crippen LogP contribution in [0.25, 0.3) is 121 Å². The Morgan fingerprint density at radius 2 is 0.700 bits per heavy atom. The Labute approximate surface area is 347 Å². The van der Waals surface area contributed by atoms with Crippen molar-refractivity contribution in [3.05, 3.63) is 218 Å². The molecular weight excluding hydrogens is 725 g/mol. The van der Waals surface area contributed by atoms with Gasteiger partial charge in [0.15, 0.2) is 5.82 Å². The van der Waals surface area contributed by atoms with E-state index in [1.807, 2.05) is 0 Å². The molecule has 0 N–H and O–H groups in total. The van der Waals surface area contributed by atoms with E-state index in [-0.39, 0.29) is 0 Å². The molecule has 0 unspecified atom stereocenters. The first kappa shape index (κ1) is 34.1. The number of benzene rings is 11. The van der Waals surface area contributed by atoms with E-state index in [9.17, 15) is 0 Å². The molecule has 11 aromatic carbocycles. The molecule has 0 spiro atoms. The molecular formula is C58H36N2. The van der Waals surface area contributed by atoms with E-state index in [4.69, 9.17) is 9.97 Å². The van der Waals surface area contributed by atoms with E-state index in [1.54, 1.807) is 0 Å². The molecule has 0 aliphatic rings. The van der Waals surface area contributed by atoms with Gasteiger partial charge < -0.3 is 0 Å². The van der Waals surface area contributed by atoms with Crippen molar-refractivity contribution in [1.29, 1.82) is 0 Å². The van der Waals surface area contributed by atoms with Crippen LogP contribution in [0.2, 0.25) is 0 Å². The fourth-order valence-corrected chi connectivity index (χ4v) is 9.43. The van der Waals surface area contributed by atoms with Gasteiger partial charge in [0.25, 0.3) is 0 Å². The quantitative estimate of drug-likeness (QED) is 0.129. The lowest BCUT2D eigenvalue weighted by atomic mass is 9.89. The number of nitrogens with zero attached hydrogens (tertiary/aromatic N) is 2. The first-order valence-electron chi connectivity index (χ1n) is 20.6. The van der Waals surface area contributed by atoms with Gasteiger partial charge in [0, 0.05) is 16.7 Å². The molecule has 0 saturated heterocycles. The van der Waals surface area contributed by atoms with Crippen molar-refractivity contribution >= 4 is 64.6 Å². The summed E-state index contributed by atoms with van der Waals surface area (Å²) >= 11 is 0. The van der Waals surface area contributed by atoms with E-state index in [1.165, 1.54) is 64.8 Å². The molecule has 60 heavy (non-hydrogen) atoms. The fourth-order valence-electron chi connectivity index (χ4n) is 9.43. The van der Waals surface area contributed by atoms with Crippen molar-refractivity contribution in [3.63, 3.8) is 0 Å². The second-order valence-corrected chi connectivity index (χ2v) is 15.7. The van der Waals surface area contributed by atoms with Crippen LogP contribution in [0.15, 0.2) is 218 Å². The van der Waals surface area contributed by atoms with Gasteiger partial charge in [-0.25, -0.2) is 9.97 Å². The maximum atomic E-state index is 5.51. The Hall–Kier alpha value is -7.94. The van der Waals surface area contributed by atoms with E-state index < -0.39 is 0 Å². The van der Waals surface area contributed by atoms with Crippen molar-refractivity contribution in [2.45, 2.75) is 0 Å². The molecule has 12 aromatic rings. The first-order valence-corrected chi connectivity index (χ1v) is 20.6. The highest BCUT2D eigenvalue weighted by molar-refractivity contribution is 6.21. The Morgan fingerprint density at radius 3 is 1.33 bits per heavy atom. The number of hydrogen-bond acceptors (Lipinski definition) is 2. The van der Waals surface area contributed by atoms with Crippen LogP contribution in [-0.2, 0) is 0 Å². The van der Waals surface area contributed by atoms with Crippen LogP contribution in [0.5, 0.6) is 0 Å². The number of rotatable bonds is 5. The molecule has 0 aliphatic carbocycles. The van der Waals surface area contributed by atoms with Gasteiger partial charge in [-0.1, -0.05) is 200 Å². The summed E-state index contributed by atoms with van der Waals surface area (Å²) in [7, 11) is 0. The van der Waals surface area contributed by atoms with Gasteiger partial charge in [-0.15, -0.1) is 0 Å². The minimum Gasteiger partial charge on any atom is -0.228 e. The molecule has 1 aromatic heterocycles. The summed E-state index contributed by atoms with van der Waals surface area (Å²) in [5, 5.41) is 14.7. The van der Waals surface area contributed by atoms with Gasteiger partial charge in [-0.2, -0.15) is 0 Å². The Balaban J connectivity index is 1.10. The van der Waals surface area contributed by atoms with Crippen molar-refractivity contribution in [2.75, 3.05) is 0 Å². The lowest BCUT2D eigenvalue weighted by Crippen LogP contribution is -1.98. The van der Waals surface area contributed by atoms with Gasteiger partial charge >= 0.3 is 0 Å². The molecule has 2 heteroatoms. The molecule has 0 atom stereocenters. The average molecular weight is 761 g/mol. The minimum atomic E-state index is 0.688. The maximum absolute atomic E-state index is 5.51. The first-order chi connectivity index (χ1) is 29.7. The van der Waals surface area contributed by atoms with Crippen LogP contribution in [0, 0.1) is 0 Å². The predicted octanol–water partition coefficient (Wildman–Crippen LogP) is 15.7. The van der Waals surface area contributed by atoms with Crippen molar-refractivity contribution < 1.29 is 0 Å². The van der Waals surface area contributed by atoms with Gasteiger partial charge in [-0.05, 0) is 105 Å². The van der Waals surface area contributed by atoms with Crippen LogP contribution in [0.4, 0.5) is 0 Å². The van der Waals surface area contributed by atoms with Gasteiger partial charge in [0.1, 0.15) is 0 Å². The molecule has 0 fully saturated rings. The molecule has 0 saturated carbocycles. The largest absolute Gasteiger partial charge is 0.228 e. The standard InChI is InChI=1S/C58H36N2/c1-2-14-37(15-3-1)44-20-12-13-25-49(44)54-36-55(57-48-24-11-7-19-43(48)35-53-46-22-9-5-17-39(46)31-33-51(53)57)60-58(59-54)41-28-26-40(27-29-41)56-47-23-10-6-18-42(47)34-52-45-21-8-4-16-38(45)30-32-50(52)56/h1-36H. The maximum Gasteiger partial charge on any atom is 0.160 e. The third-order valence-electron chi connectivity index (χ3n) is 12.2.